The van der Waals surface area contributed by atoms with Crippen molar-refractivity contribution >= 4 is 34.7 Å². The molecular weight excluding hydrogens is 382 g/mol. The number of halogens is 1. The first-order valence-electron chi connectivity index (χ1n) is 9.05. The number of thioether (sulfide) groups is 1. The molecule has 0 saturated carbocycles. The van der Waals surface area contributed by atoms with E-state index in [1.54, 1.807) is 16.6 Å². The topological polar surface area (TPSA) is 30.7 Å². The van der Waals surface area contributed by atoms with Crippen molar-refractivity contribution in [2.75, 3.05) is 0 Å². The summed E-state index contributed by atoms with van der Waals surface area (Å²) >= 11 is 9.60. The van der Waals surface area contributed by atoms with Crippen LogP contribution in [0.3, 0.4) is 0 Å². The van der Waals surface area contributed by atoms with Gasteiger partial charge in [-0.25, -0.2) is 0 Å². The van der Waals surface area contributed by atoms with Crippen LogP contribution in [0.25, 0.3) is 11.4 Å². The van der Waals surface area contributed by atoms with E-state index in [9.17, 15) is 0 Å². The Labute approximate surface area is 167 Å². The molecule has 0 spiro atoms. The fraction of sp³-hybridized carbons (Fsp3) is 0.400. The third kappa shape index (κ3) is 3.57. The molecule has 1 atom stereocenters. The van der Waals surface area contributed by atoms with Gasteiger partial charge in [-0.05, 0) is 55.4 Å². The van der Waals surface area contributed by atoms with E-state index >= 15 is 0 Å². The zero-order valence-corrected chi connectivity index (χ0v) is 17.4. The van der Waals surface area contributed by atoms with Crippen molar-refractivity contribution < 1.29 is 0 Å². The average molecular weight is 404 g/mol. The van der Waals surface area contributed by atoms with Crippen LogP contribution in [0.15, 0.2) is 34.8 Å². The highest BCUT2D eigenvalue weighted by molar-refractivity contribution is 7.98. The third-order valence-electron chi connectivity index (χ3n) is 4.96. The van der Waals surface area contributed by atoms with Gasteiger partial charge in [0.2, 0.25) is 0 Å². The lowest BCUT2D eigenvalue weighted by molar-refractivity contribution is 0.508. The Morgan fingerprint density at radius 2 is 2.08 bits per heavy atom. The summed E-state index contributed by atoms with van der Waals surface area (Å²) in [6.07, 6.45) is 3.65. The Kier molecular flexibility index (Phi) is 5.39. The number of thiophene rings is 1. The smallest absolute Gasteiger partial charge is 0.191 e. The van der Waals surface area contributed by atoms with E-state index in [1.807, 2.05) is 23.5 Å². The minimum atomic E-state index is 0.773. The lowest BCUT2D eigenvalue weighted by Crippen LogP contribution is -2.10. The fourth-order valence-corrected chi connectivity index (χ4v) is 5.80. The summed E-state index contributed by atoms with van der Waals surface area (Å²) in [5.74, 6) is 2.69. The first-order valence-corrected chi connectivity index (χ1v) is 11.3. The van der Waals surface area contributed by atoms with Gasteiger partial charge in [0.1, 0.15) is 0 Å². The molecule has 3 nitrogen and oxygen atoms in total. The molecule has 2 heterocycles. The standard InChI is InChI=1S/C20H22ClN3S2/c1-3-24-19(17-12-25-18-10-13(2)4-9-16(17)18)22-23-20(24)26-11-14-5-7-15(21)8-6-14/h5-8,12-13H,3-4,9-11H2,1-2H3. The van der Waals surface area contributed by atoms with Crippen LogP contribution in [0, 0.1) is 5.92 Å². The van der Waals surface area contributed by atoms with Crippen LogP contribution in [0.4, 0.5) is 0 Å². The molecular formula is C20H22ClN3S2. The molecule has 0 amide bonds. The molecule has 0 radical (unpaired) electrons. The van der Waals surface area contributed by atoms with Gasteiger partial charge in [-0.15, -0.1) is 21.5 Å². The summed E-state index contributed by atoms with van der Waals surface area (Å²) in [7, 11) is 0. The van der Waals surface area contributed by atoms with Crippen molar-refractivity contribution in [2.45, 2.75) is 50.6 Å². The predicted molar refractivity (Wildman–Crippen MR) is 111 cm³/mol. The molecule has 136 valence electrons. The van der Waals surface area contributed by atoms with E-state index < -0.39 is 0 Å². The summed E-state index contributed by atoms with van der Waals surface area (Å²) in [6, 6.07) is 8.01. The Balaban J connectivity index is 1.58. The van der Waals surface area contributed by atoms with Crippen LogP contribution in [0.1, 0.15) is 36.3 Å². The molecule has 3 aromatic rings. The largest absolute Gasteiger partial charge is 0.302 e. The number of aromatic nitrogens is 3. The van der Waals surface area contributed by atoms with E-state index in [-0.39, 0.29) is 0 Å². The van der Waals surface area contributed by atoms with Crippen LogP contribution >= 0.6 is 34.7 Å². The third-order valence-corrected chi connectivity index (χ3v) is 7.30. The van der Waals surface area contributed by atoms with Crippen LogP contribution in [-0.2, 0) is 25.1 Å². The quantitative estimate of drug-likeness (QED) is 0.482. The highest BCUT2D eigenvalue weighted by Crippen LogP contribution is 2.38. The molecule has 0 fully saturated rings. The van der Waals surface area contributed by atoms with Gasteiger partial charge in [-0.1, -0.05) is 42.4 Å². The Morgan fingerprint density at radius 3 is 2.85 bits per heavy atom. The summed E-state index contributed by atoms with van der Waals surface area (Å²) in [6.45, 7) is 5.40. The summed E-state index contributed by atoms with van der Waals surface area (Å²) in [5.41, 5.74) is 4.04. The van der Waals surface area contributed by atoms with Crippen molar-refractivity contribution in [3.05, 3.63) is 50.7 Å². The average Bonchev–Trinajstić information content (AvgIpc) is 3.23. The first-order chi connectivity index (χ1) is 12.7. The van der Waals surface area contributed by atoms with E-state index in [0.717, 1.165) is 34.2 Å². The molecule has 0 saturated heterocycles. The van der Waals surface area contributed by atoms with Gasteiger partial charge < -0.3 is 4.57 Å². The van der Waals surface area contributed by atoms with Gasteiger partial charge >= 0.3 is 0 Å². The molecule has 1 aromatic carbocycles. The Morgan fingerprint density at radius 1 is 1.27 bits per heavy atom. The highest BCUT2D eigenvalue weighted by atomic mass is 35.5. The van der Waals surface area contributed by atoms with Crippen LogP contribution < -0.4 is 0 Å². The number of fused-ring (bicyclic) bond motifs is 1. The van der Waals surface area contributed by atoms with Gasteiger partial charge in [0.05, 0.1) is 0 Å². The predicted octanol–water partition coefficient (Wildman–Crippen LogP) is 6.10. The maximum Gasteiger partial charge on any atom is 0.191 e. The number of hydrogen-bond donors (Lipinski definition) is 0. The second kappa shape index (κ2) is 7.75. The van der Waals surface area contributed by atoms with Gasteiger partial charge in [0, 0.05) is 33.1 Å². The maximum absolute atomic E-state index is 5.97. The summed E-state index contributed by atoms with van der Waals surface area (Å²) < 4.78 is 2.25. The van der Waals surface area contributed by atoms with Gasteiger partial charge in [0.15, 0.2) is 11.0 Å². The zero-order chi connectivity index (χ0) is 18.1. The maximum atomic E-state index is 5.97. The monoisotopic (exact) mass is 403 g/mol. The van der Waals surface area contributed by atoms with Crippen LogP contribution in [0.5, 0.6) is 0 Å². The number of benzene rings is 1. The number of nitrogens with zero attached hydrogens (tertiary/aromatic N) is 3. The van der Waals surface area contributed by atoms with Crippen LogP contribution in [0.2, 0.25) is 5.02 Å². The molecule has 0 aliphatic heterocycles. The molecule has 1 aliphatic carbocycles. The van der Waals surface area contributed by atoms with Crippen molar-refractivity contribution in [3.8, 4) is 11.4 Å². The van der Waals surface area contributed by atoms with Crippen molar-refractivity contribution in [1.29, 1.82) is 0 Å². The molecule has 4 rings (SSSR count). The van der Waals surface area contributed by atoms with Crippen molar-refractivity contribution in [3.63, 3.8) is 0 Å². The van der Waals surface area contributed by atoms with Crippen molar-refractivity contribution in [2.24, 2.45) is 5.92 Å². The second-order valence-corrected chi connectivity index (χ2v) is 9.21. The molecule has 1 aliphatic rings. The molecule has 6 heteroatoms. The van der Waals surface area contributed by atoms with Crippen molar-refractivity contribution in [1.82, 2.24) is 14.8 Å². The van der Waals surface area contributed by atoms with E-state index in [1.165, 1.54) is 36.0 Å². The molecule has 0 bridgehead atoms. The molecule has 26 heavy (non-hydrogen) atoms. The number of rotatable bonds is 5. The Hall–Kier alpha value is -1.30. The summed E-state index contributed by atoms with van der Waals surface area (Å²) in [5, 5.41) is 13.1. The van der Waals surface area contributed by atoms with E-state index in [4.69, 9.17) is 11.6 Å². The molecule has 0 N–H and O–H groups in total. The lowest BCUT2D eigenvalue weighted by atomic mass is 9.88. The van der Waals surface area contributed by atoms with E-state index in [2.05, 4.69) is 46.1 Å². The Bertz CT molecular complexity index is 898. The number of hydrogen-bond acceptors (Lipinski definition) is 4. The molecule has 1 unspecified atom stereocenters. The van der Waals surface area contributed by atoms with Gasteiger partial charge in [-0.3, -0.25) is 0 Å². The zero-order valence-electron chi connectivity index (χ0n) is 15.0. The van der Waals surface area contributed by atoms with Gasteiger partial charge in [0.25, 0.3) is 0 Å². The van der Waals surface area contributed by atoms with Gasteiger partial charge in [-0.2, -0.15) is 0 Å². The fourth-order valence-electron chi connectivity index (χ4n) is 3.47. The van der Waals surface area contributed by atoms with Crippen LogP contribution in [-0.4, -0.2) is 14.8 Å². The van der Waals surface area contributed by atoms with E-state index in [0.29, 0.717) is 0 Å². The molecule has 2 aromatic heterocycles. The lowest BCUT2D eigenvalue weighted by Gasteiger charge is -2.19. The highest BCUT2D eigenvalue weighted by Gasteiger charge is 2.24. The first kappa shape index (κ1) is 18.1. The SMILES string of the molecule is CCn1c(SCc2ccc(Cl)cc2)nnc1-c1csc2c1CCC(C)C2. The second-order valence-electron chi connectivity index (χ2n) is 6.86. The minimum absolute atomic E-state index is 0.773. The minimum Gasteiger partial charge on any atom is -0.302 e. The normalized spacial score (nSPS) is 16.7. The summed E-state index contributed by atoms with van der Waals surface area (Å²) in [4.78, 5) is 1.54.